The molecule has 6 heteroatoms. The van der Waals surface area contributed by atoms with Gasteiger partial charge in [0.1, 0.15) is 6.61 Å². The summed E-state index contributed by atoms with van der Waals surface area (Å²) >= 11 is 0. The van der Waals surface area contributed by atoms with Crippen molar-refractivity contribution >= 4 is 17.7 Å². The number of hydrogen-bond acceptors (Lipinski definition) is 5. The highest BCUT2D eigenvalue weighted by atomic mass is 16.5. The largest absolute Gasteiger partial charge is 0.466 e. The van der Waals surface area contributed by atoms with Gasteiger partial charge in [0.05, 0.1) is 12.5 Å². The summed E-state index contributed by atoms with van der Waals surface area (Å²) in [6, 6.07) is 16.4. The van der Waals surface area contributed by atoms with Gasteiger partial charge in [0.15, 0.2) is 0 Å². The number of rotatable bonds is 6. The van der Waals surface area contributed by atoms with Crippen LogP contribution in [-0.4, -0.2) is 37.8 Å². The first-order chi connectivity index (χ1) is 15.6. The van der Waals surface area contributed by atoms with Crippen LogP contribution in [0.5, 0.6) is 0 Å². The Labute approximate surface area is 189 Å². The Balaban J connectivity index is 1.30. The van der Waals surface area contributed by atoms with Gasteiger partial charge >= 0.3 is 12.1 Å². The number of piperidine rings is 1. The molecule has 0 unspecified atom stereocenters. The average molecular weight is 437 g/mol. The van der Waals surface area contributed by atoms with Crippen LogP contribution in [0.1, 0.15) is 42.9 Å². The predicted molar refractivity (Wildman–Crippen MR) is 124 cm³/mol. The zero-order valence-corrected chi connectivity index (χ0v) is 18.7. The standard InChI is InChI=1S/C26H32N2O4/c1-2-31-25(29)21-12-14-28(15-13-21)24-11-9-20-8-10-23(16-22(20)17-24)27-26(30)32-18-19-6-4-3-5-7-19/h3-7,9,11,17,21,23H,2,8,10,12-16,18H2,1H3,(H,27,30)/t23-/m0/s1. The number of fused-ring (bicyclic) bond motifs is 1. The molecule has 1 atom stereocenters. The Morgan fingerprint density at radius 1 is 1.00 bits per heavy atom. The van der Waals surface area contributed by atoms with Crippen LogP contribution in [0.3, 0.4) is 0 Å². The fourth-order valence-corrected chi connectivity index (χ4v) is 4.63. The van der Waals surface area contributed by atoms with E-state index in [0.29, 0.717) is 6.61 Å². The van der Waals surface area contributed by atoms with Gasteiger partial charge in [-0.1, -0.05) is 36.4 Å². The number of alkyl carbamates (subject to hydrolysis) is 1. The first-order valence-electron chi connectivity index (χ1n) is 11.6. The lowest BCUT2D eigenvalue weighted by atomic mass is 9.87. The molecule has 4 rings (SSSR count). The van der Waals surface area contributed by atoms with E-state index < -0.39 is 0 Å². The molecule has 1 heterocycles. The topological polar surface area (TPSA) is 67.9 Å². The predicted octanol–water partition coefficient (Wildman–Crippen LogP) is 4.25. The lowest BCUT2D eigenvalue weighted by Gasteiger charge is -2.34. The summed E-state index contributed by atoms with van der Waals surface area (Å²) in [5.74, 6) is -0.0510. The van der Waals surface area contributed by atoms with Crippen LogP contribution < -0.4 is 10.2 Å². The molecule has 0 spiro atoms. The fraction of sp³-hybridized carbons (Fsp3) is 0.462. The molecule has 0 radical (unpaired) electrons. The number of amides is 1. The van der Waals surface area contributed by atoms with Crippen molar-refractivity contribution in [3.8, 4) is 0 Å². The number of nitrogens with zero attached hydrogens (tertiary/aromatic N) is 1. The highest BCUT2D eigenvalue weighted by Gasteiger charge is 2.27. The molecule has 0 aromatic heterocycles. The number of esters is 1. The van der Waals surface area contributed by atoms with Gasteiger partial charge < -0.3 is 19.7 Å². The van der Waals surface area contributed by atoms with Crippen molar-refractivity contribution in [1.82, 2.24) is 5.32 Å². The summed E-state index contributed by atoms with van der Waals surface area (Å²) in [4.78, 5) is 26.6. The number of nitrogens with one attached hydrogen (secondary N) is 1. The maximum Gasteiger partial charge on any atom is 0.407 e. The summed E-state index contributed by atoms with van der Waals surface area (Å²) in [6.45, 7) is 4.29. The number of aryl methyl sites for hydroxylation is 1. The molecule has 2 aliphatic rings. The first-order valence-corrected chi connectivity index (χ1v) is 11.6. The van der Waals surface area contributed by atoms with Crippen LogP contribution in [0.15, 0.2) is 48.5 Å². The zero-order chi connectivity index (χ0) is 22.3. The van der Waals surface area contributed by atoms with E-state index in [9.17, 15) is 9.59 Å². The third-order valence-electron chi connectivity index (χ3n) is 6.43. The van der Waals surface area contributed by atoms with Gasteiger partial charge in [-0.2, -0.15) is 0 Å². The molecule has 1 fully saturated rings. The minimum atomic E-state index is -0.362. The number of carbonyl (C=O) groups excluding carboxylic acids is 2. The third kappa shape index (κ3) is 5.61. The zero-order valence-electron chi connectivity index (χ0n) is 18.7. The van der Waals surface area contributed by atoms with Gasteiger partial charge in [-0.25, -0.2) is 4.79 Å². The Morgan fingerprint density at radius 3 is 2.53 bits per heavy atom. The van der Waals surface area contributed by atoms with Crippen LogP contribution in [0, 0.1) is 5.92 Å². The SMILES string of the molecule is CCOC(=O)C1CCN(c2ccc3c(c2)C[C@@H](NC(=O)OCc2ccccc2)CC3)CC1. The molecule has 6 nitrogen and oxygen atoms in total. The summed E-state index contributed by atoms with van der Waals surface area (Å²) in [5.41, 5.74) is 4.81. The van der Waals surface area contributed by atoms with E-state index in [-0.39, 0.29) is 30.6 Å². The van der Waals surface area contributed by atoms with Gasteiger partial charge in [-0.3, -0.25) is 4.79 Å². The number of anilines is 1. The summed E-state index contributed by atoms with van der Waals surface area (Å²) in [6.07, 6.45) is 3.96. The second-order valence-corrected chi connectivity index (χ2v) is 8.61. The molecule has 1 amide bonds. The number of ether oxygens (including phenoxy) is 2. The second kappa shape index (κ2) is 10.5. The second-order valence-electron chi connectivity index (χ2n) is 8.61. The van der Waals surface area contributed by atoms with Crippen molar-refractivity contribution in [2.45, 2.75) is 51.7 Å². The normalized spacial score (nSPS) is 18.5. The van der Waals surface area contributed by atoms with E-state index >= 15 is 0 Å². The van der Waals surface area contributed by atoms with E-state index in [1.807, 2.05) is 37.3 Å². The quantitative estimate of drug-likeness (QED) is 0.686. The van der Waals surface area contributed by atoms with E-state index in [1.165, 1.54) is 16.8 Å². The van der Waals surface area contributed by atoms with E-state index in [1.54, 1.807) is 0 Å². The van der Waals surface area contributed by atoms with Crippen molar-refractivity contribution in [2.75, 3.05) is 24.6 Å². The lowest BCUT2D eigenvalue weighted by molar-refractivity contribution is -0.148. The minimum absolute atomic E-state index is 0.0132. The van der Waals surface area contributed by atoms with Crippen molar-refractivity contribution in [2.24, 2.45) is 5.92 Å². The van der Waals surface area contributed by atoms with Crippen molar-refractivity contribution in [3.63, 3.8) is 0 Å². The highest BCUT2D eigenvalue weighted by Crippen LogP contribution is 2.29. The van der Waals surface area contributed by atoms with Gasteiger partial charge in [-0.05, 0) is 67.9 Å². The highest BCUT2D eigenvalue weighted by molar-refractivity contribution is 5.73. The number of benzene rings is 2. The van der Waals surface area contributed by atoms with E-state index in [4.69, 9.17) is 9.47 Å². The van der Waals surface area contributed by atoms with Gasteiger partial charge in [0, 0.05) is 24.8 Å². The van der Waals surface area contributed by atoms with Crippen LogP contribution in [0.25, 0.3) is 0 Å². The number of carbonyl (C=O) groups is 2. The van der Waals surface area contributed by atoms with E-state index in [0.717, 1.165) is 50.8 Å². The first kappa shape index (κ1) is 22.2. The maximum atomic E-state index is 12.3. The lowest BCUT2D eigenvalue weighted by Crippen LogP contribution is -2.39. The molecular formula is C26H32N2O4. The van der Waals surface area contributed by atoms with Crippen molar-refractivity contribution in [3.05, 3.63) is 65.2 Å². The molecular weight excluding hydrogens is 404 g/mol. The molecule has 0 saturated carbocycles. The fourth-order valence-electron chi connectivity index (χ4n) is 4.63. The van der Waals surface area contributed by atoms with Gasteiger partial charge in [-0.15, -0.1) is 0 Å². The third-order valence-corrected chi connectivity index (χ3v) is 6.43. The van der Waals surface area contributed by atoms with Gasteiger partial charge in [0.2, 0.25) is 0 Å². The molecule has 2 aromatic carbocycles. The Kier molecular flexibility index (Phi) is 7.30. The molecule has 1 aliphatic carbocycles. The summed E-state index contributed by atoms with van der Waals surface area (Å²) in [7, 11) is 0. The smallest absolute Gasteiger partial charge is 0.407 e. The minimum Gasteiger partial charge on any atom is -0.466 e. The van der Waals surface area contributed by atoms with Crippen LogP contribution in [-0.2, 0) is 33.7 Å². The van der Waals surface area contributed by atoms with Crippen LogP contribution in [0.4, 0.5) is 10.5 Å². The summed E-state index contributed by atoms with van der Waals surface area (Å²) in [5, 5.41) is 3.03. The Bertz CT molecular complexity index is 923. The summed E-state index contributed by atoms with van der Waals surface area (Å²) < 4.78 is 10.6. The molecule has 1 N–H and O–H groups in total. The van der Waals surface area contributed by atoms with Crippen LogP contribution >= 0.6 is 0 Å². The van der Waals surface area contributed by atoms with Crippen LogP contribution in [0.2, 0.25) is 0 Å². The molecule has 2 aromatic rings. The Hall–Kier alpha value is -3.02. The van der Waals surface area contributed by atoms with Crippen molar-refractivity contribution in [1.29, 1.82) is 0 Å². The van der Waals surface area contributed by atoms with Crippen molar-refractivity contribution < 1.29 is 19.1 Å². The molecule has 0 bridgehead atoms. The number of hydrogen-bond donors (Lipinski definition) is 1. The Morgan fingerprint density at radius 2 is 1.78 bits per heavy atom. The average Bonchev–Trinajstić information content (AvgIpc) is 2.83. The van der Waals surface area contributed by atoms with Gasteiger partial charge in [0.25, 0.3) is 0 Å². The molecule has 170 valence electrons. The molecule has 1 saturated heterocycles. The molecule has 32 heavy (non-hydrogen) atoms. The maximum absolute atomic E-state index is 12.3. The monoisotopic (exact) mass is 436 g/mol. The van der Waals surface area contributed by atoms with E-state index in [2.05, 4.69) is 28.4 Å². The molecule has 1 aliphatic heterocycles.